The Morgan fingerprint density at radius 1 is 1.65 bits per heavy atom. The van der Waals surface area contributed by atoms with Crippen LogP contribution in [-0.2, 0) is 0 Å². The number of hydrazine groups is 1. The molecule has 0 bridgehead atoms. The number of pyridine rings is 1. The van der Waals surface area contributed by atoms with Crippen molar-refractivity contribution in [1.82, 2.24) is 9.88 Å². The summed E-state index contributed by atoms with van der Waals surface area (Å²) < 4.78 is 0. The van der Waals surface area contributed by atoms with Crippen molar-refractivity contribution in [3.8, 4) is 0 Å². The van der Waals surface area contributed by atoms with E-state index in [2.05, 4.69) is 10.4 Å². The van der Waals surface area contributed by atoms with E-state index in [1.807, 2.05) is 0 Å². The molecule has 0 aliphatic carbocycles. The Balaban J connectivity index is 2.24. The molecule has 1 fully saturated rings. The van der Waals surface area contributed by atoms with Crippen LogP contribution in [0.2, 0.25) is 5.02 Å². The van der Waals surface area contributed by atoms with Crippen LogP contribution in [0.4, 0.5) is 5.82 Å². The Hall–Kier alpha value is -1.37. The summed E-state index contributed by atoms with van der Waals surface area (Å²) in [5, 5.41) is 9.66. The number of aromatic nitrogens is 1. The van der Waals surface area contributed by atoms with Gasteiger partial charge in [-0.05, 0) is 18.6 Å². The van der Waals surface area contributed by atoms with E-state index in [0.717, 1.165) is 0 Å². The smallest absolute Gasteiger partial charge is 0.274 e. The lowest BCUT2D eigenvalue weighted by Crippen LogP contribution is -2.30. The topological polar surface area (TPSA) is 91.5 Å². The van der Waals surface area contributed by atoms with Gasteiger partial charge in [-0.15, -0.1) is 0 Å². The normalized spacial score (nSPS) is 19.5. The van der Waals surface area contributed by atoms with Crippen LogP contribution in [0, 0.1) is 0 Å². The minimum atomic E-state index is -0.464. The Bertz CT molecular complexity index is 440. The van der Waals surface area contributed by atoms with Gasteiger partial charge in [0.1, 0.15) is 11.5 Å². The van der Waals surface area contributed by atoms with E-state index in [1.165, 1.54) is 4.90 Å². The molecule has 1 unspecified atom stereocenters. The lowest BCUT2D eigenvalue weighted by atomic mass is 10.3. The van der Waals surface area contributed by atoms with Crippen LogP contribution >= 0.6 is 11.6 Å². The molecule has 0 radical (unpaired) electrons. The zero-order chi connectivity index (χ0) is 12.4. The van der Waals surface area contributed by atoms with Gasteiger partial charge in [0.15, 0.2) is 0 Å². The van der Waals surface area contributed by atoms with E-state index in [9.17, 15) is 9.90 Å². The Morgan fingerprint density at radius 3 is 3.00 bits per heavy atom. The molecule has 1 aliphatic heterocycles. The number of carbonyl (C=O) groups excluding carboxylic acids is 1. The van der Waals surface area contributed by atoms with Gasteiger partial charge < -0.3 is 15.4 Å². The van der Waals surface area contributed by atoms with Gasteiger partial charge in [0, 0.05) is 13.1 Å². The fourth-order valence-corrected chi connectivity index (χ4v) is 1.93. The summed E-state index contributed by atoms with van der Waals surface area (Å²) in [5.41, 5.74) is 2.51. The molecular formula is C10H13ClN4O2. The summed E-state index contributed by atoms with van der Waals surface area (Å²) in [4.78, 5) is 17.6. The summed E-state index contributed by atoms with van der Waals surface area (Å²) in [5.74, 6) is 5.31. The number of aliphatic hydroxyl groups excluding tert-OH is 1. The van der Waals surface area contributed by atoms with Crippen LogP contribution in [0.1, 0.15) is 16.9 Å². The van der Waals surface area contributed by atoms with Gasteiger partial charge in [-0.1, -0.05) is 11.6 Å². The number of nitrogens with one attached hydrogen (secondary N) is 1. The second kappa shape index (κ2) is 4.87. The summed E-state index contributed by atoms with van der Waals surface area (Å²) >= 11 is 5.92. The maximum atomic E-state index is 12.1. The van der Waals surface area contributed by atoms with Crippen LogP contribution in [-0.4, -0.2) is 40.1 Å². The number of aliphatic hydroxyl groups is 1. The third-order valence-electron chi connectivity index (χ3n) is 2.65. The molecular weight excluding hydrogens is 244 g/mol. The molecule has 1 aromatic rings. The van der Waals surface area contributed by atoms with Gasteiger partial charge in [0.25, 0.3) is 5.91 Å². The summed E-state index contributed by atoms with van der Waals surface area (Å²) in [6, 6.07) is 3.14. The SMILES string of the molecule is NNc1ccc(Cl)c(C(=O)N2CCC(O)C2)n1. The van der Waals surface area contributed by atoms with Gasteiger partial charge in [0.2, 0.25) is 0 Å². The van der Waals surface area contributed by atoms with Crippen molar-refractivity contribution in [2.75, 3.05) is 18.5 Å². The number of nitrogens with two attached hydrogens (primary N) is 1. The number of hydrogen-bond acceptors (Lipinski definition) is 5. The molecule has 92 valence electrons. The van der Waals surface area contributed by atoms with E-state index < -0.39 is 6.10 Å². The number of carbonyl (C=O) groups is 1. The molecule has 4 N–H and O–H groups in total. The van der Waals surface area contributed by atoms with Crippen LogP contribution in [0.3, 0.4) is 0 Å². The average Bonchev–Trinajstić information content (AvgIpc) is 2.76. The highest BCUT2D eigenvalue weighted by atomic mass is 35.5. The molecule has 7 heteroatoms. The monoisotopic (exact) mass is 256 g/mol. The van der Waals surface area contributed by atoms with Crippen molar-refractivity contribution >= 4 is 23.3 Å². The molecule has 1 amide bonds. The Morgan fingerprint density at radius 2 is 2.41 bits per heavy atom. The highest BCUT2D eigenvalue weighted by Crippen LogP contribution is 2.20. The first-order valence-corrected chi connectivity index (χ1v) is 5.60. The van der Waals surface area contributed by atoms with Crippen molar-refractivity contribution in [3.63, 3.8) is 0 Å². The van der Waals surface area contributed by atoms with Gasteiger partial charge in [-0.3, -0.25) is 4.79 Å². The first-order valence-electron chi connectivity index (χ1n) is 5.22. The zero-order valence-corrected chi connectivity index (χ0v) is 9.81. The summed E-state index contributed by atoms with van der Waals surface area (Å²) in [6.45, 7) is 0.829. The van der Waals surface area contributed by atoms with Crippen LogP contribution in [0.15, 0.2) is 12.1 Å². The third-order valence-corrected chi connectivity index (χ3v) is 2.95. The van der Waals surface area contributed by atoms with E-state index in [4.69, 9.17) is 17.4 Å². The van der Waals surface area contributed by atoms with Crippen LogP contribution in [0.5, 0.6) is 0 Å². The van der Waals surface area contributed by atoms with Crippen LogP contribution < -0.4 is 11.3 Å². The van der Waals surface area contributed by atoms with Crippen molar-refractivity contribution < 1.29 is 9.90 Å². The molecule has 1 aromatic heterocycles. The number of likely N-dealkylation sites (tertiary alicyclic amines) is 1. The molecule has 1 atom stereocenters. The van der Waals surface area contributed by atoms with E-state index in [1.54, 1.807) is 12.1 Å². The van der Waals surface area contributed by atoms with Crippen molar-refractivity contribution in [2.45, 2.75) is 12.5 Å². The number of halogens is 1. The molecule has 0 aromatic carbocycles. The molecule has 2 rings (SSSR count). The minimum Gasteiger partial charge on any atom is -0.391 e. The lowest BCUT2D eigenvalue weighted by molar-refractivity contribution is 0.0759. The van der Waals surface area contributed by atoms with Gasteiger partial charge in [-0.2, -0.15) is 0 Å². The molecule has 2 heterocycles. The summed E-state index contributed by atoms with van der Waals surface area (Å²) in [6.07, 6.45) is 0.117. The molecule has 0 saturated carbocycles. The zero-order valence-electron chi connectivity index (χ0n) is 9.06. The number of amides is 1. The van der Waals surface area contributed by atoms with Crippen LogP contribution in [0.25, 0.3) is 0 Å². The van der Waals surface area contributed by atoms with Crippen molar-refractivity contribution in [2.24, 2.45) is 5.84 Å². The summed E-state index contributed by atoms with van der Waals surface area (Å²) in [7, 11) is 0. The van der Waals surface area contributed by atoms with Gasteiger partial charge in [0.05, 0.1) is 11.1 Å². The predicted molar refractivity (Wildman–Crippen MR) is 63.6 cm³/mol. The molecule has 17 heavy (non-hydrogen) atoms. The molecule has 0 spiro atoms. The number of nitrogen functional groups attached to an aromatic ring is 1. The second-order valence-corrected chi connectivity index (χ2v) is 4.27. The molecule has 1 aliphatic rings. The van der Waals surface area contributed by atoms with Gasteiger partial charge >= 0.3 is 0 Å². The Kier molecular flexibility index (Phi) is 3.46. The number of nitrogens with zero attached hydrogens (tertiary/aromatic N) is 2. The Labute approximate surface area is 103 Å². The maximum Gasteiger partial charge on any atom is 0.274 e. The fourth-order valence-electron chi connectivity index (χ4n) is 1.75. The standard InChI is InChI=1S/C10H13ClN4O2/c11-7-1-2-8(14-12)13-9(7)10(17)15-4-3-6(16)5-15/h1-2,6,16H,3-5,12H2,(H,13,14). The van der Waals surface area contributed by atoms with E-state index in [-0.39, 0.29) is 16.6 Å². The van der Waals surface area contributed by atoms with Crippen molar-refractivity contribution in [1.29, 1.82) is 0 Å². The van der Waals surface area contributed by atoms with E-state index >= 15 is 0 Å². The minimum absolute atomic E-state index is 0.149. The largest absolute Gasteiger partial charge is 0.391 e. The number of rotatable bonds is 2. The maximum absolute atomic E-state index is 12.1. The average molecular weight is 257 g/mol. The molecule has 6 nitrogen and oxygen atoms in total. The third kappa shape index (κ3) is 2.49. The first-order chi connectivity index (χ1) is 8.11. The number of β-amino-alcohol motifs (C(OH)–C–C–N with tert-alkyl or cyclic N) is 1. The van der Waals surface area contributed by atoms with E-state index in [0.29, 0.717) is 25.3 Å². The highest BCUT2D eigenvalue weighted by molar-refractivity contribution is 6.33. The predicted octanol–water partition coefficient (Wildman–Crippen LogP) is 0.227. The second-order valence-electron chi connectivity index (χ2n) is 3.86. The number of anilines is 1. The lowest BCUT2D eigenvalue weighted by Gasteiger charge is -2.16. The number of hydrogen-bond donors (Lipinski definition) is 3. The first kappa shape index (κ1) is 12.1. The molecule has 1 saturated heterocycles. The fraction of sp³-hybridized carbons (Fsp3) is 0.400. The van der Waals surface area contributed by atoms with Crippen molar-refractivity contribution in [3.05, 3.63) is 22.8 Å². The quantitative estimate of drug-likeness (QED) is 0.520. The van der Waals surface area contributed by atoms with Gasteiger partial charge in [-0.25, -0.2) is 10.8 Å². The highest BCUT2D eigenvalue weighted by Gasteiger charge is 2.27.